The molecule has 178 valence electrons. The standard InChI is InChI=1S/C29H34O3SSi/c1-22-15-17-23(18-16-22)33-27-19-20-31-26(28(27)30)21-32-34(29(2,3)4,24-11-7-5-8-12-24)25-13-9-6-10-14-25/h5-20,26-28,30H,21H2,1-4H3/t26-,27+,28+/m1/s1. The van der Waals surface area contributed by atoms with Crippen LogP contribution in [0.25, 0.3) is 0 Å². The lowest BCUT2D eigenvalue weighted by Crippen LogP contribution is -2.67. The lowest BCUT2D eigenvalue weighted by molar-refractivity contribution is -0.0247. The lowest BCUT2D eigenvalue weighted by Gasteiger charge is -2.44. The van der Waals surface area contributed by atoms with E-state index in [-0.39, 0.29) is 10.3 Å². The highest BCUT2D eigenvalue weighted by atomic mass is 32.2. The molecule has 0 unspecified atom stereocenters. The number of aliphatic hydroxyl groups is 1. The van der Waals surface area contributed by atoms with Crippen LogP contribution in [-0.2, 0) is 9.16 Å². The predicted octanol–water partition coefficient (Wildman–Crippen LogP) is 5.31. The Morgan fingerprint density at radius 3 is 1.97 bits per heavy atom. The van der Waals surface area contributed by atoms with Crippen LogP contribution in [0.5, 0.6) is 0 Å². The summed E-state index contributed by atoms with van der Waals surface area (Å²) in [5.41, 5.74) is 1.23. The Morgan fingerprint density at radius 2 is 1.44 bits per heavy atom. The fourth-order valence-electron chi connectivity index (χ4n) is 4.62. The minimum atomic E-state index is -2.69. The molecule has 0 spiro atoms. The molecule has 0 aromatic heterocycles. The summed E-state index contributed by atoms with van der Waals surface area (Å²) in [7, 11) is -2.69. The Bertz CT molecular complexity index is 1040. The van der Waals surface area contributed by atoms with Gasteiger partial charge < -0.3 is 14.3 Å². The van der Waals surface area contributed by atoms with Crippen molar-refractivity contribution in [1.29, 1.82) is 0 Å². The number of thioether (sulfide) groups is 1. The molecule has 1 aliphatic heterocycles. The van der Waals surface area contributed by atoms with E-state index in [1.165, 1.54) is 15.9 Å². The summed E-state index contributed by atoms with van der Waals surface area (Å²) in [5, 5.41) is 13.5. The highest BCUT2D eigenvalue weighted by Gasteiger charge is 2.51. The van der Waals surface area contributed by atoms with E-state index in [1.807, 2.05) is 18.2 Å². The number of benzene rings is 3. The fraction of sp³-hybridized carbons (Fsp3) is 0.310. The number of aryl methyl sites for hydroxylation is 1. The molecular formula is C29H34O3SSi. The number of hydrogen-bond acceptors (Lipinski definition) is 4. The van der Waals surface area contributed by atoms with Crippen molar-refractivity contribution in [3.63, 3.8) is 0 Å². The van der Waals surface area contributed by atoms with Gasteiger partial charge in [-0.1, -0.05) is 99.1 Å². The van der Waals surface area contributed by atoms with Gasteiger partial charge in [-0.2, -0.15) is 0 Å². The molecule has 0 radical (unpaired) electrons. The Labute approximate surface area is 209 Å². The number of aliphatic hydroxyl groups excluding tert-OH is 1. The maximum atomic E-state index is 11.2. The van der Waals surface area contributed by atoms with Crippen molar-refractivity contribution in [3.8, 4) is 0 Å². The highest BCUT2D eigenvalue weighted by Crippen LogP contribution is 2.38. The van der Waals surface area contributed by atoms with Crippen LogP contribution in [0, 0.1) is 6.92 Å². The summed E-state index contributed by atoms with van der Waals surface area (Å²) in [4.78, 5) is 1.13. The first-order valence-corrected chi connectivity index (χ1v) is 14.6. The Morgan fingerprint density at radius 1 is 0.882 bits per heavy atom. The molecule has 0 aliphatic carbocycles. The minimum Gasteiger partial charge on any atom is -0.493 e. The van der Waals surface area contributed by atoms with E-state index in [1.54, 1.807) is 18.0 Å². The first kappa shape index (κ1) is 24.8. The van der Waals surface area contributed by atoms with Gasteiger partial charge in [0.15, 0.2) is 0 Å². The average molecular weight is 491 g/mol. The molecule has 1 N–H and O–H groups in total. The summed E-state index contributed by atoms with van der Waals surface area (Å²) in [6, 6.07) is 29.5. The van der Waals surface area contributed by atoms with Crippen molar-refractivity contribution in [2.24, 2.45) is 0 Å². The molecule has 0 amide bonds. The third kappa shape index (κ3) is 5.18. The van der Waals surface area contributed by atoms with E-state index in [0.717, 1.165) is 4.90 Å². The van der Waals surface area contributed by atoms with E-state index in [2.05, 4.69) is 100 Å². The van der Waals surface area contributed by atoms with Crippen LogP contribution in [0.4, 0.5) is 0 Å². The predicted molar refractivity (Wildman–Crippen MR) is 144 cm³/mol. The van der Waals surface area contributed by atoms with Crippen LogP contribution >= 0.6 is 11.8 Å². The zero-order chi connectivity index (χ0) is 24.2. The van der Waals surface area contributed by atoms with E-state index in [0.29, 0.717) is 6.61 Å². The lowest BCUT2D eigenvalue weighted by atomic mass is 10.1. The quantitative estimate of drug-likeness (QED) is 0.456. The summed E-state index contributed by atoms with van der Waals surface area (Å²) < 4.78 is 12.9. The van der Waals surface area contributed by atoms with E-state index in [9.17, 15) is 5.11 Å². The third-order valence-electron chi connectivity index (χ3n) is 6.41. The summed E-state index contributed by atoms with van der Waals surface area (Å²) >= 11 is 1.66. The summed E-state index contributed by atoms with van der Waals surface area (Å²) in [5.74, 6) is 0. The van der Waals surface area contributed by atoms with Gasteiger partial charge in [-0.3, -0.25) is 0 Å². The zero-order valence-electron chi connectivity index (χ0n) is 20.3. The van der Waals surface area contributed by atoms with Gasteiger partial charge in [0.05, 0.1) is 18.1 Å². The maximum Gasteiger partial charge on any atom is 0.261 e. The molecule has 0 saturated heterocycles. The SMILES string of the molecule is Cc1ccc(S[C@H]2C=CO[C@H](CO[Si](c3ccccc3)(c3ccccc3)C(C)(C)C)[C@@H]2O)cc1. The molecule has 3 aromatic carbocycles. The second kappa shape index (κ2) is 10.5. The van der Waals surface area contributed by atoms with Crippen molar-refractivity contribution >= 4 is 30.5 Å². The van der Waals surface area contributed by atoms with Gasteiger partial charge >= 0.3 is 0 Å². The smallest absolute Gasteiger partial charge is 0.261 e. The van der Waals surface area contributed by atoms with Crippen molar-refractivity contribution in [3.05, 3.63) is 103 Å². The minimum absolute atomic E-state index is 0.0933. The molecule has 1 heterocycles. The number of rotatable bonds is 7. The van der Waals surface area contributed by atoms with Crippen LogP contribution in [0.3, 0.4) is 0 Å². The Hall–Kier alpha value is -2.31. The van der Waals surface area contributed by atoms with Crippen LogP contribution in [-0.4, -0.2) is 37.5 Å². The molecule has 3 atom stereocenters. The number of hydrogen-bond donors (Lipinski definition) is 1. The molecule has 0 fully saturated rings. The molecule has 4 rings (SSSR count). The van der Waals surface area contributed by atoms with Gasteiger partial charge in [0.1, 0.15) is 12.2 Å². The second-order valence-electron chi connectivity index (χ2n) is 9.86. The average Bonchev–Trinajstić information content (AvgIpc) is 2.83. The van der Waals surface area contributed by atoms with Crippen LogP contribution in [0.15, 0.2) is 102 Å². The zero-order valence-corrected chi connectivity index (χ0v) is 22.2. The first-order chi connectivity index (χ1) is 16.3. The van der Waals surface area contributed by atoms with Crippen molar-refractivity contribution < 1.29 is 14.3 Å². The molecule has 1 aliphatic rings. The van der Waals surface area contributed by atoms with Gasteiger partial charge in [-0.25, -0.2) is 0 Å². The molecule has 0 saturated carbocycles. The van der Waals surface area contributed by atoms with Crippen LogP contribution < -0.4 is 10.4 Å². The van der Waals surface area contributed by atoms with Gasteiger partial charge in [-0.05, 0) is 40.5 Å². The van der Waals surface area contributed by atoms with E-state index < -0.39 is 20.5 Å². The van der Waals surface area contributed by atoms with Gasteiger partial charge in [-0.15, -0.1) is 11.8 Å². The monoisotopic (exact) mass is 490 g/mol. The Kier molecular flexibility index (Phi) is 7.68. The molecule has 3 aromatic rings. The van der Waals surface area contributed by atoms with Crippen LogP contribution in [0.2, 0.25) is 5.04 Å². The van der Waals surface area contributed by atoms with Crippen LogP contribution in [0.1, 0.15) is 26.3 Å². The van der Waals surface area contributed by atoms with E-state index >= 15 is 0 Å². The second-order valence-corrected chi connectivity index (χ2v) is 15.4. The molecule has 34 heavy (non-hydrogen) atoms. The topological polar surface area (TPSA) is 38.7 Å². The Balaban J connectivity index is 1.60. The molecular weight excluding hydrogens is 456 g/mol. The van der Waals surface area contributed by atoms with Gasteiger partial charge in [0.2, 0.25) is 0 Å². The molecule has 5 heteroatoms. The van der Waals surface area contributed by atoms with Gasteiger partial charge in [0.25, 0.3) is 8.32 Å². The molecule has 0 bridgehead atoms. The largest absolute Gasteiger partial charge is 0.493 e. The number of ether oxygens (including phenoxy) is 1. The van der Waals surface area contributed by atoms with E-state index in [4.69, 9.17) is 9.16 Å². The fourth-order valence-corrected chi connectivity index (χ4v) is 10.3. The normalized spacial score (nSPS) is 20.7. The van der Waals surface area contributed by atoms with Crippen molar-refractivity contribution in [2.45, 2.75) is 55.1 Å². The first-order valence-electron chi connectivity index (χ1n) is 11.8. The summed E-state index contributed by atoms with van der Waals surface area (Å²) in [6.45, 7) is 9.17. The highest BCUT2D eigenvalue weighted by molar-refractivity contribution is 8.00. The molecule has 3 nitrogen and oxygen atoms in total. The third-order valence-corrected chi connectivity index (χ3v) is 12.7. The van der Waals surface area contributed by atoms with Gasteiger partial charge in [0, 0.05) is 4.90 Å². The van der Waals surface area contributed by atoms with Crippen molar-refractivity contribution in [1.82, 2.24) is 0 Å². The summed E-state index contributed by atoms with van der Waals surface area (Å²) in [6.07, 6.45) is 2.55. The van der Waals surface area contributed by atoms with Crippen molar-refractivity contribution in [2.75, 3.05) is 6.61 Å². The maximum absolute atomic E-state index is 11.2.